The summed E-state index contributed by atoms with van der Waals surface area (Å²) in [5.41, 5.74) is 2.54. The lowest BCUT2D eigenvalue weighted by atomic mass is 9.97. The van der Waals surface area contributed by atoms with E-state index >= 15 is 0 Å². The first-order valence-corrected chi connectivity index (χ1v) is 11.4. The van der Waals surface area contributed by atoms with Crippen molar-refractivity contribution in [2.75, 3.05) is 24.6 Å². The van der Waals surface area contributed by atoms with Crippen LogP contribution >= 0.6 is 0 Å². The smallest absolute Gasteiger partial charge is 0.225 e. The lowest BCUT2D eigenvalue weighted by Gasteiger charge is -2.32. The Hall–Kier alpha value is -3.48. The first-order chi connectivity index (χ1) is 16.1. The molecular weight excluding hydrogens is 419 g/mol. The van der Waals surface area contributed by atoms with Crippen molar-refractivity contribution in [1.82, 2.24) is 15.3 Å². The monoisotopic (exact) mass is 448 g/mol. The molecule has 2 aromatic carbocycles. The summed E-state index contributed by atoms with van der Waals surface area (Å²) >= 11 is 0. The SMILES string of the molecule is CCCOc1ccc(CNC(=O)C2CCCN(c3ncc(-c4cccc(F)c4)cn3)C2)cc1. The zero-order chi connectivity index (χ0) is 23.0. The van der Waals surface area contributed by atoms with Gasteiger partial charge in [-0.2, -0.15) is 0 Å². The highest BCUT2D eigenvalue weighted by Crippen LogP contribution is 2.23. The van der Waals surface area contributed by atoms with Gasteiger partial charge >= 0.3 is 0 Å². The van der Waals surface area contributed by atoms with Gasteiger partial charge in [-0.3, -0.25) is 4.79 Å². The first-order valence-electron chi connectivity index (χ1n) is 11.4. The topological polar surface area (TPSA) is 67.3 Å². The number of nitrogens with zero attached hydrogens (tertiary/aromatic N) is 3. The Bertz CT molecular complexity index is 1060. The second-order valence-corrected chi connectivity index (χ2v) is 8.28. The zero-order valence-corrected chi connectivity index (χ0v) is 18.8. The van der Waals surface area contributed by atoms with Crippen molar-refractivity contribution in [1.29, 1.82) is 0 Å². The third-order valence-electron chi connectivity index (χ3n) is 5.73. The van der Waals surface area contributed by atoms with E-state index in [9.17, 15) is 9.18 Å². The zero-order valence-electron chi connectivity index (χ0n) is 18.8. The van der Waals surface area contributed by atoms with Crippen molar-refractivity contribution in [3.63, 3.8) is 0 Å². The number of anilines is 1. The third-order valence-corrected chi connectivity index (χ3v) is 5.73. The summed E-state index contributed by atoms with van der Waals surface area (Å²) in [4.78, 5) is 23.8. The number of halogens is 1. The van der Waals surface area contributed by atoms with Crippen LogP contribution in [0.4, 0.5) is 10.3 Å². The Balaban J connectivity index is 1.32. The van der Waals surface area contributed by atoms with Crippen LogP contribution in [0.1, 0.15) is 31.7 Å². The molecule has 0 bridgehead atoms. The molecule has 1 N–H and O–H groups in total. The molecular formula is C26H29FN4O2. The average molecular weight is 449 g/mol. The van der Waals surface area contributed by atoms with Crippen molar-refractivity contribution < 1.29 is 13.9 Å². The molecule has 4 rings (SSSR count). The first kappa shape index (κ1) is 22.7. The molecule has 1 amide bonds. The molecule has 0 radical (unpaired) electrons. The van der Waals surface area contributed by atoms with Crippen LogP contribution in [0.5, 0.6) is 5.75 Å². The van der Waals surface area contributed by atoms with Crippen molar-refractivity contribution in [3.05, 3.63) is 72.3 Å². The predicted octanol–water partition coefficient (Wildman–Crippen LogP) is 4.60. The van der Waals surface area contributed by atoms with Crippen LogP contribution < -0.4 is 15.0 Å². The van der Waals surface area contributed by atoms with Gasteiger partial charge < -0.3 is 15.0 Å². The van der Waals surface area contributed by atoms with Gasteiger partial charge in [0.05, 0.1) is 12.5 Å². The number of hydrogen-bond acceptors (Lipinski definition) is 5. The predicted molar refractivity (Wildman–Crippen MR) is 126 cm³/mol. The van der Waals surface area contributed by atoms with Crippen molar-refractivity contribution in [2.24, 2.45) is 5.92 Å². The van der Waals surface area contributed by atoms with Crippen LogP contribution in [0.25, 0.3) is 11.1 Å². The maximum Gasteiger partial charge on any atom is 0.225 e. The summed E-state index contributed by atoms with van der Waals surface area (Å²) in [6.07, 6.45) is 6.12. The number of benzene rings is 2. The summed E-state index contributed by atoms with van der Waals surface area (Å²) in [5, 5.41) is 3.06. The van der Waals surface area contributed by atoms with E-state index in [0.29, 0.717) is 25.6 Å². The molecule has 7 heteroatoms. The molecule has 0 aliphatic carbocycles. The van der Waals surface area contributed by atoms with Gasteiger partial charge in [-0.1, -0.05) is 31.2 Å². The molecule has 33 heavy (non-hydrogen) atoms. The molecule has 3 aromatic rings. The van der Waals surface area contributed by atoms with E-state index in [1.165, 1.54) is 12.1 Å². The van der Waals surface area contributed by atoms with E-state index in [4.69, 9.17) is 4.74 Å². The third kappa shape index (κ3) is 6.06. The fourth-order valence-corrected chi connectivity index (χ4v) is 3.93. The van der Waals surface area contributed by atoms with Gasteiger partial charge in [0.15, 0.2) is 0 Å². The molecule has 1 aliphatic heterocycles. The van der Waals surface area contributed by atoms with Crippen LogP contribution in [0, 0.1) is 11.7 Å². The van der Waals surface area contributed by atoms with Gasteiger partial charge in [0.2, 0.25) is 11.9 Å². The molecule has 1 aliphatic rings. The lowest BCUT2D eigenvalue weighted by molar-refractivity contribution is -0.125. The molecule has 172 valence electrons. The summed E-state index contributed by atoms with van der Waals surface area (Å²) in [6, 6.07) is 14.2. The summed E-state index contributed by atoms with van der Waals surface area (Å²) in [5.74, 6) is 1.08. The van der Waals surface area contributed by atoms with E-state index in [2.05, 4.69) is 22.2 Å². The Labute approximate surface area is 193 Å². The van der Waals surface area contributed by atoms with E-state index in [0.717, 1.165) is 48.2 Å². The molecule has 0 spiro atoms. The van der Waals surface area contributed by atoms with Gasteiger partial charge in [-0.25, -0.2) is 14.4 Å². The average Bonchev–Trinajstić information content (AvgIpc) is 2.87. The van der Waals surface area contributed by atoms with Gasteiger partial charge in [0, 0.05) is 37.6 Å². The second-order valence-electron chi connectivity index (χ2n) is 8.28. The van der Waals surface area contributed by atoms with Crippen molar-refractivity contribution >= 4 is 11.9 Å². The van der Waals surface area contributed by atoms with E-state index < -0.39 is 0 Å². The van der Waals surface area contributed by atoms with Gasteiger partial charge in [0.25, 0.3) is 0 Å². The minimum Gasteiger partial charge on any atom is -0.494 e. The minimum absolute atomic E-state index is 0.0439. The normalized spacial score (nSPS) is 15.8. The highest BCUT2D eigenvalue weighted by atomic mass is 19.1. The molecule has 2 heterocycles. The Morgan fingerprint density at radius 1 is 1.15 bits per heavy atom. The summed E-state index contributed by atoms with van der Waals surface area (Å²) < 4.78 is 19.1. The molecule has 1 unspecified atom stereocenters. The van der Waals surface area contributed by atoms with E-state index in [-0.39, 0.29) is 17.6 Å². The minimum atomic E-state index is -0.290. The standard InChI is InChI=1S/C26H29FN4O2/c1-2-13-33-24-10-8-19(9-11-24)15-28-25(32)21-6-4-12-31(18-21)26-29-16-22(17-30-26)20-5-3-7-23(27)14-20/h3,5,7-11,14,16-17,21H,2,4,6,12-13,15,18H2,1H3,(H,28,32). The fourth-order valence-electron chi connectivity index (χ4n) is 3.93. The number of rotatable bonds is 8. The number of carbonyl (C=O) groups is 1. The van der Waals surface area contributed by atoms with Crippen LogP contribution in [0.3, 0.4) is 0 Å². The summed E-state index contributed by atoms with van der Waals surface area (Å²) in [7, 11) is 0. The lowest BCUT2D eigenvalue weighted by Crippen LogP contribution is -2.43. The molecule has 1 aromatic heterocycles. The van der Waals surface area contributed by atoms with Crippen LogP contribution in [0.2, 0.25) is 0 Å². The van der Waals surface area contributed by atoms with Crippen molar-refractivity contribution in [3.8, 4) is 16.9 Å². The molecule has 1 atom stereocenters. The number of ether oxygens (including phenoxy) is 1. The van der Waals surface area contributed by atoms with Gasteiger partial charge in [-0.05, 0) is 54.7 Å². The fraction of sp³-hybridized carbons (Fsp3) is 0.346. The van der Waals surface area contributed by atoms with Gasteiger partial charge in [-0.15, -0.1) is 0 Å². The van der Waals surface area contributed by atoms with Crippen LogP contribution in [-0.4, -0.2) is 35.6 Å². The highest BCUT2D eigenvalue weighted by Gasteiger charge is 2.27. The number of amides is 1. The molecule has 1 fully saturated rings. The molecule has 0 saturated carbocycles. The second kappa shape index (κ2) is 10.9. The number of carbonyl (C=O) groups excluding carboxylic acids is 1. The highest BCUT2D eigenvalue weighted by molar-refractivity contribution is 5.79. The quantitative estimate of drug-likeness (QED) is 0.545. The number of hydrogen-bond donors (Lipinski definition) is 1. The van der Waals surface area contributed by atoms with Crippen molar-refractivity contribution in [2.45, 2.75) is 32.7 Å². The number of aromatic nitrogens is 2. The Morgan fingerprint density at radius 2 is 1.94 bits per heavy atom. The molecule has 1 saturated heterocycles. The van der Waals surface area contributed by atoms with Crippen LogP contribution in [-0.2, 0) is 11.3 Å². The Kier molecular flexibility index (Phi) is 7.50. The van der Waals surface area contributed by atoms with E-state index in [1.807, 2.05) is 35.2 Å². The molecule has 6 nitrogen and oxygen atoms in total. The number of piperidine rings is 1. The van der Waals surface area contributed by atoms with Gasteiger partial charge in [0.1, 0.15) is 11.6 Å². The maximum absolute atomic E-state index is 13.5. The Morgan fingerprint density at radius 3 is 2.67 bits per heavy atom. The summed E-state index contributed by atoms with van der Waals surface area (Å²) in [6.45, 7) is 4.65. The number of nitrogens with one attached hydrogen (secondary N) is 1. The largest absolute Gasteiger partial charge is 0.494 e. The van der Waals surface area contributed by atoms with E-state index in [1.54, 1.807) is 18.5 Å². The maximum atomic E-state index is 13.5. The van der Waals surface area contributed by atoms with Crippen LogP contribution in [0.15, 0.2) is 60.9 Å².